The summed E-state index contributed by atoms with van der Waals surface area (Å²) in [5.74, 6) is -3.18. The molecular formula is C18H18N2O5. The number of amides is 1. The van der Waals surface area contributed by atoms with Crippen LogP contribution in [0.4, 0.5) is 0 Å². The van der Waals surface area contributed by atoms with Crippen molar-refractivity contribution in [1.82, 2.24) is 10.6 Å². The van der Waals surface area contributed by atoms with E-state index >= 15 is 0 Å². The zero-order valence-corrected chi connectivity index (χ0v) is 13.3. The van der Waals surface area contributed by atoms with Gasteiger partial charge in [0.25, 0.3) is 5.91 Å². The Hall–Kier alpha value is -3.19. The molecule has 0 fully saturated rings. The number of carboxylic acids is 2. The standard InChI is InChI=1S/C18H18N2O5/c21-16(13-9-5-2-6-10-13)20-15(18(24)25)19-14(17(22)23)11-12-7-3-1-4-8-12/h1-10,14-15,19H,11H2,(H,20,21)(H,22,23)(H,24,25)/t14-,15?/m0/s1. The minimum atomic E-state index is -1.53. The van der Waals surface area contributed by atoms with E-state index in [0.29, 0.717) is 0 Å². The smallest absolute Gasteiger partial charge is 0.341 e. The van der Waals surface area contributed by atoms with E-state index in [1.54, 1.807) is 48.5 Å². The van der Waals surface area contributed by atoms with Crippen molar-refractivity contribution in [3.63, 3.8) is 0 Å². The minimum Gasteiger partial charge on any atom is -0.480 e. The van der Waals surface area contributed by atoms with Gasteiger partial charge in [-0.2, -0.15) is 0 Å². The molecule has 2 aromatic carbocycles. The third-order valence-corrected chi connectivity index (χ3v) is 3.51. The van der Waals surface area contributed by atoms with Crippen molar-refractivity contribution in [2.75, 3.05) is 0 Å². The molecule has 0 aliphatic rings. The Balaban J connectivity index is 2.08. The zero-order valence-electron chi connectivity index (χ0n) is 13.3. The monoisotopic (exact) mass is 342 g/mol. The maximum absolute atomic E-state index is 12.1. The first-order valence-corrected chi connectivity index (χ1v) is 7.59. The summed E-state index contributed by atoms with van der Waals surface area (Å²) in [6, 6.07) is 15.7. The van der Waals surface area contributed by atoms with E-state index in [9.17, 15) is 24.6 Å². The first-order chi connectivity index (χ1) is 12.0. The Morgan fingerprint density at radius 2 is 1.40 bits per heavy atom. The van der Waals surface area contributed by atoms with E-state index in [-0.39, 0.29) is 12.0 Å². The summed E-state index contributed by atoms with van der Waals surface area (Å²) in [5.41, 5.74) is 1.02. The summed E-state index contributed by atoms with van der Waals surface area (Å²) >= 11 is 0. The summed E-state index contributed by atoms with van der Waals surface area (Å²) in [6.07, 6.45) is -1.45. The van der Waals surface area contributed by atoms with Crippen molar-refractivity contribution in [2.24, 2.45) is 0 Å². The summed E-state index contributed by atoms with van der Waals surface area (Å²) in [4.78, 5) is 35.0. The van der Waals surface area contributed by atoms with Crippen molar-refractivity contribution < 1.29 is 24.6 Å². The number of carboxylic acid groups (broad SMARTS) is 2. The van der Waals surface area contributed by atoms with Gasteiger partial charge < -0.3 is 15.5 Å². The second-order valence-electron chi connectivity index (χ2n) is 5.36. The van der Waals surface area contributed by atoms with Crippen LogP contribution in [0.25, 0.3) is 0 Å². The number of rotatable bonds is 8. The molecule has 2 rings (SSSR count). The van der Waals surface area contributed by atoms with E-state index in [4.69, 9.17) is 0 Å². The normalized spacial score (nSPS) is 12.8. The summed E-state index contributed by atoms with van der Waals surface area (Å²) in [7, 11) is 0. The van der Waals surface area contributed by atoms with Crippen LogP contribution in [0, 0.1) is 0 Å². The van der Waals surface area contributed by atoms with Crippen LogP contribution in [0.3, 0.4) is 0 Å². The van der Waals surface area contributed by atoms with Crippen LogP contribution in [0.15, 0.2) is 60.7 Å². The number of nitrogens with one attached hydrogen (secondary N) is 2. The van der Waals surface area contributed by atoms with Gasteiger partial charge in [-0.05, 0) is 24.1 Å². The van der Waals surface area contributed by atoms with Crippen molar-refractivity contribution in [2.45, 2.75) is 18.6 Å². The predicted octanol–water partition coefficient (Wildman–Crippen LogP) is 1.11. The van der Waals surface area contributed by atoms with E-state index in [0.717, 1.165) is 5.56 Å². The maximum atomic E-state index is 12.1. The number of carbonyl (C=O) groups excluding carboxylic acids is 1. The van der Waals surface area contributed by atoms with Gasteiger partial charge in [-0.1, -0.05) is 48.5 Å². The van der Waals surface area contributed by atoms with Gasteiger partial charge in [0.2, 0.25) is 0 Å². The molecule has 1 amide bonds. The molecule has 0 spiro atoms. The van der Waals surface area contributed by atoms with Crippen molar-refractivity contribution in [3.8, 4) is 0 Å². The topological polar surface area (TPSA) is 116 Å². The minimum absolute atomic E-state index is 0.0845. The highest BCUT2D eigenvalue weighted by Crippen LogP contribution is 2.05. The summed E-state index contributed by atoms with van der Waals surface area (Å²) < 4.78 is 0. The van der Waals surface area contributed by atoms with Gasteiger partial charge in [0.1, 0.15) is 6.04 Å². The number of hydrogen-bond acceptors (Lipinski definition) is 4. The van der Waals surface area contributed by atoms with Crippen molar-refractivity contribution in [1.29, 1.82) is 0 Å². The van der Waals surface area contributed by atoms with Gasteiger partial charge in [0, 0.05) is 5.56 Å². The maximum Gasteiger partial charge on any atom is 0.341 e. The van der Waals surface area contributed by atoms with Crippen molar-refractivity contribution in [3.05, 3.63) is 71.8 Å². The number of aliphatic carboxylic acids is 2. The fourth-order valence-electron chi connectivity index (χ4n) is 2.25. The Morgan fingerprint density at radius 1 is 0.840 bits per heavy atom. The van der Waals surface area contributed by atoms with Crippen LogP contribution >= 0.6 is 0 Å². The molecule has 0 radical (unpaired) electrons. The van der Waals surface area contributed by atoms with Crippen molar-refractivity contribution >= 4 is 17.8 Å². The van der Waals surface area contributed by atoms with Gasteiger partial charge >= 0.3 is 11.9 Å². The summed E-state index contributed by atoms with van der Waals surface area (Å²) in [6.45, 7) is 0. The molecule has 0 saturated carbocycles. The second kappa shape index (κ2) is 8.60. The Morgan fingerprint density at radius 3 is 1.92 bits per heavy atom. The molecule has 0 aromatic heterocycles. The Labute approximate surface area is 144 Å². The second-order valence-corrected chi connectivity index (χ2v) is 5.36. The molecule has 130 valence electrons. The first-order valence-electron chi connectivity index (χ1n) is 7.59. The zero-order chi connectivity index (χ0) is 18.2. The fourth-order valence-corrected chi connectivity index (χ4v) is 2.25. The third-order valence-electron chi connectivity index (χ3n) is 3.51. The van der Waals surface area contributed by atoms with Crippen LogP contribution in [0.5, 0.6) is 0 Å². The molecule has 7 heteroatoms. The van der Waals surface area contributed by atoms with E-state index in [1.807, 2.05) is 0 Å². The van der Waals surface area contributed by atoms with Gasteiger partial charge in [0.05, 0.1) is 0 Å². The van der Waals surface area contributed by atoms with Gasteiger partial charge in [-0.15, -0.1) is 0 Å². The quantitative estimate of drug-likeness (QED) is 0.534. The highest BCUT2D eigenvalue weighted by atomic mass is 16.4. The van der Waals surface area contributed by atoms with Crippen LogP contribution < -0.4 is 10.6 Å². The van der Waals surface area contributed by atoms with Crippen LogP contribution in [-0.2, 0) is 16.0 Å². The first kappa shape index (κ1) is 18.2. The Kier molecular flexibility index (Phi) is 6.25. The third kappa shape index (κ3) is 5.43. The van der Waals surface area contributed by atoms with E-state index in [2.05, 4.69) is 10.6 Å². The fraction of sp³-hybridized carbons (Fsp3) is 0.167. The molecule has 0 bridgehead atoms. The molecule has 0 aliphatic heterocycles. The lowest BCUT2D eigenvalue weighted by Gasteiger charge is -2.21. The molecule has 2 aromatic rings. The number of carbonyl (C=O) groups is 3. The number of hydrogen-bond donors (Lipinski definition) is 4. The van der Waals surface area contributed by atoms with E-state index < -0.39 is 30.1 Å². The lowest BCUT2D eigenvalue weighted by Crippen LogP contribution is -2.56. The molecule has 0 heterocycles. The molecule has 25 heavy (non-hydrogen) atoms. The number of benzene rings is 2. The molecular weight excluding hydrogens is 324 g/mol. The highest BCUT2D eigenvalue weighted by molar-refractivity contribution is 5.96. The molecule has 1 unspecified atom stereocenters. The van der Waals surface area contributed by atoms with Crippen LogP contribution in [0.2, 0.25) is 0 Å². The lowest BCUT2D eigenvalue weighted by molar-refractivity contribution is -0.143. The Bertz CT molecular complexity index is 734. The van der Waals surface area contributed by atoms with Gasteiger partial charge in [-0.25, -0.2) is 4.79 Å². The lowest BCUT2D eigenvalue weighted by atomic mass is 10.1. The predicted molar refractivity (Wildman–Crippen MR) is 90.0 cm³/mol. The molecule has 2 atom stereocenters. The summed E-state index contributed by atoms with van der Waals surface area (Å²) in [5, 5.41) is 23.4. The molecule has 0 saturated heterocycles. The van der Waals surface area contributed by atoms with E-state index in [1.165, 1.54) is 12.1 Å². The molecule has 4 N–H and O–H groups in total. The van der Waals surface area contributed by atoms with Crippen LogP contribution in [0.1, 0.15) is 15.9 Å². The SMILES string of the molecule is O=C(NC(N[C@@H](Cc1ccccc1)C(=O)O)C(=O)O)c1ccccc1. The average molecular weight is 342 g/mol. The largest absolute Gasteiger partial charge is 0.480 e. The molecule has 0 aliphatic carbocycles. The highest BCUT2D eigenvalue weighted by Gasteiger charge is 2.27. The molecule has 7 nitrogen and oxygen atoms in total. The average Bonchev–Trinajstić information content (AvgIpc) is 2.61. The van der Waals surface area contributed by atoms with Crippen LogP contribution in [-0.4, -0.2) is 40.3 Å². The van der Waals surface area contributed by atoms with Gasteiger partial charge in [0.15, 0.2) is 6.17 Å². The van der Waals surface area contributed by atoms with Gasteiger partial charge in [-0.3, -0.25) is 14.9 Å².